The molecule has 1 aliphatic heterocycles. The maximum absolute atomic E-state index is 12.9. The number of aryl methyl sites for hydroxylation is 2. The first-order chi connectivity index (χ1) is 14.0. The van der Waals surface area contributed by atoms with Crippen LogP contribution in [0, 0.1) is 30.6 Å². The van der Waals surface area contributed by atoms with Gasteiger partial charge in [0.05, 0.1) is 11.6 Å². The van der Waals surface area contributed by atoms with Crippen molar-refractivity contribution in [1.82, 2.24) is 9.29 Å². The second-order valence-electron chi connectivity index (χ2n) is 7.26. The molecule has 1 aliphatic rings. The molecule has 0 radical (unpaired) electrons. The normalized spacial score (nSPS) is 20.6. The number of aliphatic hydroxyl groups excluding tert-OH is 1. The fraction of sp³-hybridized carbons (Fsp3) is 0.300. The molecule has 0 aliphatic carbocycles. The highest BCUT2D eigenvalue weighted by Crippen LogP contribution is 2.35. The molecule has 9 nitrogen and oxygen atoms in total. The van der Waals surface area contributed by atoms with E-state index < -0.39 is 27.6 Å². The molecule has 0 spiro atoms. The molecule has 0 saturated heterocycles. The van der Waals surface area contributed by atoms with Crippen LogP contribution in [0.5, 0.6) is 5.75 Å². The molecule has 0 fully saturated rings. The first kappa shape index (κ1) is 21.4. The number of hydrogen-bond donors (Lipinski definition) is 3. The van der Waals surface area contributed by atoms with E-state index in [1.165, 1.54) is 30.8 Å². The number of nitriles is 1. The summed E-state index contributed by atoms with van der Waals surface area (Å²) in [7, 11) is -2.63. The van der Waals surface area contributed by atoms with Gasteiger partial charge in [0.2, 0.25) is 10.0 Å². The van der Waals surface area contributed by atoms with Crippen LogP contribution in [0.4, 0.5) is 5.69 Å². The summed E-state index contributed by atoms with van der Waals surface area (Å²) >= 11 is 0. The summed E-state index contributed by atoms with van der Waals surface area (Å²) in [6.07, 6.45) is 5.05. The number of hydrogen-bond acceptors (Lipinski definition) is 6. The zero-order chi connectivity index (χ0) is 22.3. The van der Waals surface area contributed by atoms with Crippen molar-refractivity contribution in [2.75, 3.05) is 11.9 Å². The van der Waals surface area contributed by atoms with Crippen LogP contribution in [0.1, 0.15) is 28.5 Å². The summed E-state index contributed by atoms with van der Waals surface area (Å²) in [4.78, 5) is 12.7. The van der Waals surface area contributed by atoms with E-state index in [1.807, 2.05) is 6.07 Å². The summed E-state index contributed by atoms with van der Waals surface area (Å²) in [5.74, 6) is 1.32. The highest BCUT2D eigenvalue weighted by Gasteiger charge is 2.43. The summed E-state index contributed by atoms with van der Waals surface area (Å²) in [5.41, 5.74) is 0.0220. The number of sulfonamides is 1. The van der Waals surface area contributed by atoms with Crippen molar-refractivity contribution < 1.29 is 23.1 Å². The Labute approximate surface area is 174 Å². The van der Waals surface area contributed by atoms with Gasteiger partial charge in [-0.25, -0.2) is 8.42 Å². The molecule has 2 atom stereocenters. The molecule has 1 aromatic heterocycles. The largest absolute Gasteiger partial charge is 0.488 e. The van der Waals surface area contributed by atoms with E-state index in [9.17, 15) is 23.6 Å². The lowest BCUT2D eigenvalue weighted by Crippen LogP contribution is -2.56. The molecule has 10 heteroatoms. The van der Waals surface area contributed by atoms with Crippen LogP contribution in [-0.4, -0.2) is 42.2 Å². The Bertz CT molecular complexity index is 1220. The number of benzene rings is 1. The maximum atomic E-state index is 12.9. The molecular weight excluding hydrogens is 408 g/mol. The smallest absolute Gasteiger partial charge is 0.276 e. The van der Waals surface area contributed by atoms with Gasteiger partial charge in [0.1, 0.15) is 23.1 Å². The molecule has 1 amide bonds. The van der Waals surface area contributed by atoms with Gasteiger partial charge in [-0.1, -0.05) is 12.0 Å². The molecule has 30 heavy (non-hydrogen) atoms. The number of carbonyl (C=O) groups excluding carboxylic acids is 1. The van der Waals surface area contributed by atoms with Gasteiger partial charge in [-0.2, -0.15) is 9.98 Å². The Kier molecular flexibility index (Phi) is 5.35. The van der Waals surface area contributed by atoms with Gasteiger partial charge in [-0.15, -0.1) is 6.42 Å². The lowest BCUT2D eigenvalue weighted by Gasteiger charge is -2.29. The summed E-state index contributed by atoms with van der Waals surface area (Å²) in [5, 5.41) is 21.9. The van der Waals surface area contributed by atoms with Crippen molar-refractivity contribution in [3.05, 3.63) is 41.2 Å². The van der Waals surface area contributed by atoms with Crippen molar-refractivity contribution in [3.8, 4) is 24.2 Å². The van der Waals surface area contributed by atoms with Gasteiger partial charge < -0.3 is 19.7 Å². The van der Waals surface area contributed by atoms with Crippen molar-refractivity contribution in [2.45, 2.75) is 30.4 Å². The number of amides is 1. The number of nitrogens with zero attached hydrogens (tertiary/aromatic N) is 2. The number of rotatable bonds is 3. The summed E-state index contributed by atoms with van der Waals surface area (Å²) < 4.78 is 35.1. The van der Waals surface area contributed by atoms with Crippen LogP contribution in [0.2, 0.25) is 0 Å². The van der Waals surface area contributed by atoms with Gasteiger partial charge >= 0.3 is 0 Å². The predicted molar refractivity (Wildman–Crippen MR) is 108 cm³/mol. The number of terminal acetylenes is 1. The van der Waals surface area contributed by atoms with Crippen LogP contribution < -0.4 is 14.8 Å². The van der Waals surface area contributed by atoms with Gasteiger partial charge in [0, 0.05) is 18.9 Å². The van der Waals surface area contributed by atoms with E-state index >= 15 is 0 Å². The monoisotopic (exact) mass is 428 g/mol. The Morgan fingerprint density at radius 1 is 1.50 bits per heavy atom. The number of nitrogens with one attached hydrogen (secondary N) is 2. The second-order valence-corrected chi connectivity index (χ2v) is 8.91. The molecule has 2 heterocycles. The van der Waals surface area contributed by atoms with Crippen LogP contribution >= 0.6 is 0 Å². The van der Waals surface area contributed by atoms with Crippen molar-refractivity contribution in [3.63, 3.8) is 0 Å². The average molecular weight is 428 g/mol. The summed E-state index contributed by atoms with van der Waals surface area (Å²) in [6, 6.07) is 6.89. The molecule has 156 valence electrons. The fourth-order valence-corrected chi connectivity index (χ4v) is 4.70. The molecule has 1 aromatic carbocycles. The Morgan fingerprint density at radius 3 is 2.83 bits per heavy atom. The van der Waals surface area contributed by atoms with E-state index in [-0.39, 0.29) is 22.9 Å². The first-order valence-electron chi connectivity index (χ1n) is 8.85. The SMILES string of the molecule is C#C[C@H](O)[C@@]1(C)COc2c(cn(C)c2C(=O)Nc2ccc(C)c(C#N)c2)S(=O)(=O)N1. The average Bonchev–Trinajstić information content (AvgIpc) is 2.99. The van der Waals surface area contributed by atoms with Crippen LogP contribution in [0.3, 0.4) is 0 Å². The highest BCUT2D eigenvalue weighted by molar-refractivity contribution is 7.89. The van der Waals surface area contributed by atoms with Gasteiger partial charge in [-0.05, 0) is 31.5 Å². The van der Waals surface area contributed by atoms with Gasteiger partial charge in [0.25, 0.3) is 5.91 Å². The first-order valence-corrected chi connectivity index (χ1v) is 10.3. The second kappa shape index (κ2) is 7.50. The maximum Gasteiger partial charge on any atom is 0.276 e. The van der Waals surface area contributed by atoms with E-state index in [4.69, 9.17) is 11.2 Å². The number of ether oxygens (including phenoxy) is 1. The van der Waals surface area contributed by atoms with E-state index in [2.05, 4.69) is 16.0 Å². The van der Waals surface area contributed by atoms with Crippen LogP contribution in [-0.2, 0) is 17.1 Å². The lowest BCUT2D eigenvalue weighted by atomic mass is 9.98. The number of anilines is 1. The number of aromatic nitrogens is 1. The third kappa shape index (κ3) is 3.64. The highest BCUT2D eigenvalue weighted by atomic mass is 32.2. The third-order valence-electron chi connectivity index (χ3n) is 4.87. The minimum atomic E-state index is -4.14. The van der Waals surface area contributed by atoms with Gasteiger partial charge in [-0.3, -0.25) is 4.79 Å². The molecule has 3 N–H and O–H groups in total. The van der Waals surface area contributed by atoms with E-state index in [0.717, 1.165) is 5.56 Å². The molecule has 0 bridgehead atoms. The molecule has 2 aromatic rings. The lowest BCUT2D eigenvalue weighted by molar-refractivity contribution is 0.0898. The van der Waals surface area contributed by atoms with Crippen molar-refractivity contribution >= 4 is 21.6 Å². The minimum absolute atomic E-state index is 0.0334. The molecule has 0 saturated carbocycles. The van der Waals surface area contributed by atoms with Crippen molar-refractivity contribution in [2.24, 2.45) is 7.05 Å². The standard InChI is InChI=1S/C20H20N4O5S/c1-5-16(25)20(3)11-29-18-15(30(27,28)23-20)10-24(4)17(18)19(26)22-14-7-6-12(2)13(8-14)9-21/h1,6-8,10,16,23,25H,11H2,2-4H3,(H,22,26)/t16-,20+/m0/s1. The Hall–Kier alpha value is -3.31. The topological polar surface area (TPSA) is 133 Å². The van der Waals surface area contributed by atoms with E-state index in [1.54, 1.807) is 19.1 Å². The molecule has 3 rings (SSSR count). The number of aliphatic hydroxyl groups is 1. The third-order valence-corrected chi connectivity index (χ3v) is 6.47. The summed E-state index contributed by atoms with van der Waals surface area (Å²) in [6.45, 7) is 2.89. The number of fused-ring (bicyclic) bond motifs is 1. The Balaban J connectivity index is 2.01. The molecule has 0 unspecified atom stereocenters. The quantitative estimate of drug-likeness (QED) is 0.622. The predicted octanol–water partition coefficient (Wildman–Crippen LogP) is 0.881. The zero-order valence-electron chi connectivity index (χ0n) is 16.6. The van der Waals surface area contributed by atoms with E-state index in [0.29, 0.717) is 11.3 Å². The minimum Gasteiger partial charge on any atom is -0.488 e. The van der Waals surface area contributed by atoms with Crippen LogP contribution in [0.25, 0.3) is 0 Å². The number of carbonyl (C=O) groups is 1. The fourth-order valence-electron chi connectivity index (χ4n) is 3.11. The Morgan fingerprint density at radius 2 is 2.20 bits per heavy atom. The molecular formula is C20H20N4O5S. The van der Waals surface area contributed by atoms with Crippen LogP contribution in [0.15, 0.2) is 29.3 Å². The van der Waals surface area contributed by atoms with Crippen molar-refractivity contribution in [1.29, 1.82) is 5.26 Å². The van der Waals surface area contributed by atoms with Gasteiger partial charge in [0.15, 0.2) is 11.4 Å². The zero-order valence-corrected chi connectivity index (χ0v) is 17.4.